The number of carbonyl (C=O) groups is 1. The largest absolute Gasteiger partial charge is 0.392 e. The maximum Gasteiger partial charge on any atom is 0.226 e. The van der Waals surface area contributed by atoms with Gasteiger partial charge in [0.05, 0.1) is 12.2 Å². The first-order chi connectivity index (χ1) is 12.1. The van der Waals surface area contributed by atoms with Gasteiger partial charge in [-0.1, -0.05) is 24.3 Å². The van der Waals surface area contributed by atoms with Crippen LogP contribution in [0.2, 0.25) is 0 Å². The molecule has 0 aromatic heterocycles. The van der Waals surface area contributed by atoms with E-state index in [4.69, 9.17) is 4.74 Å². The number of piperidine rings is 1. The van der Waals surface area contributed by atoms with Gasteiger partial charge in [0.2, 0.25) is 5.91 Å². The minimum absolute atomic E-state index is 0.105. The molecule has 0 radical (unpaired) electrons. The van der Waals surface area contributed by atoms with Crippen molar-refractivity contribution in [1.29, 1.82) is 0 Å². The molecule has 1 heterocycles. The maximum absolute atomic E-state index is 12.9. The average Bonchev–Trinajstić information content (AvgIpc) is 3.42. The van der Waals surface area contributed by atoms with E-state index >= 15 is 0 Å². The summed E-state index contributed by atoms with van der Waals surface area (Å²) in [6.45, 7) is 6.36. The Kier molecular flexibility index (Phi) is 4.37. The highest BCUT2D eigenvalue weighted by Gasteiger charge is 2.57. The van der Waals surface area contributed by atoms with Crippen LogP contribution in [0.15, 0.2) is 24.3 Å². The van der Waals surface area contributed by atoms with Gasteiger partial charge in [-0.15, -0.1) is 0 Å². The van der Waals surface area contributed by atoms with Crippen LogP contribution in [0.1, 0.15) is 49.7 Å². The lowest BCUT2D eigenvalue weighted by molar-refractivity contribution is -0.210. The number of aliphatic hydroxyl groups excluding tert-OH is 1. The number of hydrogen-bond donors (Lipinski definition) is 1. The first-order valence-electron chi connectivity index (χ1n) is 9.71. The molecule has 4 heteroatoms. The summed E-state index contributed by atoms with van der Waals surface area (Å²) in [5.41, 5.74) is 2.52. The van der Waals surface area contributed by atoms with Crippen molar-refractivity contribution in [2.45, 2.75) is 57.7 Å². The molecule has 1 spiro atoms. The van der Waals surface area contributed by atoms with E-state index in [0.717, 1.165) is 38.8 Å². The number of hydrogen-bond acceptors (Lipinski definition) is 3. The Hall–Kier alpha value is -1.39. The lowest BCUT2D eigenvalue weighted by atomic mass is 9.58. The second-order valence-corrected chi connectivity index (χ2v) is 8.06. The Morgan fingerprint density at radius 3 is 2.64 bits per heavy atom. The topological polar surface area (TPSA) is 49.8 Å². The van der Waals surface area contributed by atoms with Gasteiger partial charge in [0.1, 0.15) is 0 Å². The molecular weight excluding hydrogens is 314 g/mol. The minimum Gasteiger partial charge on any atom is -0.392 e. The molecule has 2 aliphatic carbocycles. The van der Waals surface area contributed by atoms with Crippen molar-refractivity contribution in [2.75, 3.05) is 19.7 Å². The van der Waals surface area contributed by atoms with Crippen molar-refractivity contribution >= 4 is 5.91 Å². The number of nitrogens with zero attached hydrogens (tertiary/aromatic N) is 1. The first kappa shape index (κ1) is 17.0. The van der Waals surface area contributed by atoms with Crippen molar-refractivity contribution < 1.29 is 14.6 Å². The van der Waals surface area contributed by atoms with Gasteiger partial charge in [0, 0.05) is 37.5 Å². The second kappa shape index (κ2) is 6.40. The van der Waals surface area contributed by atoms with Crippen LogP contribution in [0.5, 0.6) is 0 Å². The number of ether oxygens (including phenoxy) is 1. The molecule has 1 aliphatic heterocycles. The predicted molar refractivity (Wildman–Crippen MR) is 96.3 cm³/mol. The number of likely N-dealkylation sites (tertiary alicyclic amines) is 1. The van der Waals surface area contributed by atoms with Crippen molar-refractivity contribution in [3.8, 4) is 0 Å². The molecule has 2 saturated carbocycles. The summed E-state index contributed by atoms with van der Waals surface area (Å²) in [5, 5.41) is 10.3. The Labute approximate surface area is 150 Å². The Bertz CT molecular complexity index is 648. The molecule has 1 N–H and O–H groups in total. The van der Waals surface area contributed by atoms with E-state index in [1.807, 2.05) is 11.8 Å². The van der Waals surface area contributed by atoms with E-state index < -0.39 is 0 Å². The molecule has 4 unspecified atom stereocenters. The molecule has 4 nitrogen and oxygen atoms in total. The van der Waals surface area contributed by atoms with Crippen molar-refractivity contribution in [3.63, 3.8) is 0 Å². The number of aliphatic hydroxyl groups is 1. The lowest BCUT2D eigenvalue weighted by Crippen LogP contribution is -2.62. The van der Waals surface area contributed by atoms with Crippen molar-refractivity contribution in [1.82, 2.24) is 4.90 Å². The van der Waals surface area contributed by atoms with Crippen LogP contribution in [0.4, 0.5) is 0 Å². The molecule has 1 saturated heterocycles. The Balaban J connectivity index is 1.36. The maximum atomic E-state index is 12.9. The third kappa shape index (κ3) is 2.80. The molecule has 136 valence electrons. The molecule has 1 amide bonds. The van der Waals surface area contributed by atoms with Gasteiger partial charge < -0.3 is 14.7 Å². The van der Waals surface area contributed by atoms with E-state index in [0.29, 0.717) is 18.4 Å². The summed E-state index contributed by atoms with van der Waals surface area (Å²) < 4.78 is 5.82. The Morgan fingerprint density at radius 1 is 1.28 bits per heavy atom. The number of rotatable bonds is 4. The number of benzene rings is 1. The monoisotopic (exact) mass is 343 g/mol. The molecule has 4 atom stereocenters. The highest BCUT2D eigenvalue weighted by molar-refractivity contribution is 5.83. The molecule has 3 fully saturated rings. The molecule has 1 aromatic carbocycles. The fourth-order valence-electron chi connectivity index (χ4n) is 5.01. The normalized spacial score (nSPS) is 33.2. The van der Waals surface area contributed by atoms with Crippen LogP contribution in [0, 0.1) is 18.3 Å². The van der Waals surface area contributed by atoms with Crippen LogP contribution in [-0.2, 0) is 9.53 Å². The van der Waals surface area contributed by atoms with Crippen LogP contribution in [0.3, 0.4) is 0 Å². The SMILES string of the molecule is CCOC1CC(O)C12CCN(C(=O)C1CC1c1ccccc1C)CC2. The predicted octanol–water partition coefficient (Wildman–Crippen LogP) is 2.88. The van der Waals surface area contributed by atoms with E-state index in [-0.39, 0.29) is 23.5 Å². The van der Waals surface area contributed by atoms with Gasteiger partial charge in [0.15, 0.2) is 0 Å². The zero-order valence-corrected chi connectivity index (χ0v) is 15.3. The van der Waals surface area contributed by atoms with E-state index in [2.05, 4.69) is 31.2 Å². The second-order valence-electron chi connectivity index (χ2n) is 8.06. The molecule has 3 aliphatic rings. The summed E-state index contributed by atoms with van der Waals surface area (Å²) in [4.78, 5) is 14.9. The van der Waals surface area contributed by atoms with Gasteiger partial charge in [-0.25, -0.2) is 0 Å². The number of aryl methyl sites for hydroxylation is 1. The quantitative estimate of drug-likeness (QED) is 0.914. The lowest BCUT2D eigenvalue weighted by Gasteiger charge is -2.56. The molecule has 0 bridgehead atoms. The standard InChI is InChI=1S/C21H29NO3/c1-3-25-19-13-18(23)21(19)8-10-22(11-9-21)20(24)17-12-16(17)15-7-5-4-6-14(15)2/h4-7,16-19,23H,3,8-13H2,1-2H3. The fraction of sp³-hybridized carbons (Fsp3) is 0.667. The molecule has 4 rings (SSSR count). The summed E-state index contributed by atoms with van der Waals surface area (Å²) in [7, 11) is 0. The van der Waals surface area contributed by atoms with Crippen LogP contribution in [-0.4, -0.2) is 47.8 Å². The summed E-state index contributed by atoms with van der Waals surface area (Å²) >= 11 is 0. The van der Waals surface area contributed by atoms with Crippen molar-refractivity contribution in [2.24, 2.45) is 11.3 Å². The highest BCUT2D eigenvalue weighted by atomic mass is 16.5. The molecular formula is C21H29NO3. The summed E-state index contributed by atoms with van der Waals surface area (Å²) in [6, 6.07) is 8.42. The number of carbonyl (C=O) groups excluding carboxylic acids is 1. The highest BCUT2D eigenvalue weighted by Crippen LogP contribution is 2.53. The van der Waals surface area contributed by atoms with E-state index in [9.17, 15) is 9.90 Å². The van der Waals surface area contributed by atoms with Crippen LogP contribution < -0.4 is 0 Å². The first-order valence-corrected chi connectivity index (χ1v) is 9.71. The van der Waals surface area contributed by atoms with Crippen LogP contribution in [0.25, 0.3) is 0 Å². The third-order valence-corrected chi connectivity index (χ3v) is 6.81. The molecule has 1 aromatic rings. The molecule has 25 heavy (non-hydrogen) atoms. The average molecular weight is 343 g/mol. The van der Waals surface area contributed by atoms with Crippen molar-refractivity contribution in [3.05, 3.63) is 35.4 Å². The van der Waals surface area contributed by atoms with Gasteiger partial charge >= 0.3 is 0 Å². The van der Waals surface area contributed by atoms with Gasteiger partial charge in [-0.3, -0.25) is 4.79 Å². The van der Waals surface area contributed by atoms with E-state index in [1.165, 1.54) is 11.1 Å². The van der Waals surface area contributed by atoms with Gasteiger partial charge in [0.25, 0.3) is 0 Å². The van der Waals surface area contributed by atoms with Crippen LogP contribution >= 0.6 is 0 Å². The number of amides is 1. The minimum atomic E-state index is -0.262. The fourth-order valence-corrected chi connectivity index (χ4v) is 5.01. The zero-order chi connectivity index (χ0) is 17.6. The zero-order valence-electron chi connectivity index (χ0n) is 15.3. The Morgan fingerprint density at radius 2 is 2.00 bits per heavy atom. The summed E-state index contributed by atoms with van der Waals surface area (Å²) in [5.74, 6) is 0.865. The van der Waals surface area contributed by atoms with E-state index in [1.54, 1.807) is 0 Å². The van der Waals surface area contributed by atoms with Gasteiger partial charge in [-0.05, 0) is 50.2 Å². The van der Waals surface area contributed by atoms with Gasteiger partial charge in [-0.2, -0.15) is 0 Å². The third-order valence-electron chi connectivity index (χ3n) is 6.81. The summed E-state index contributed by atoms with van der Waals surface area (Å²) in [6.07, 6.45) is 3.38. The smallest absolute Gasteiger partial charge is 0.226 e.